The van der Waals surface area contributed by atoms with Crippen molar-refractivity contribution < 1.29 is 13.2 Å². The van der Waals surface area contributed by atoms with Crippen LogP contribution in [0.3, 0.4) is 0 Å². The first-order valence-electron chi connectivity index (χ1n) is 10.3. The summed E-state index contributed by atoms with van der Waals surface area (Å²) in [5, 5.41) is 9.18. The molecule has 0 spiro atoms. The van der Waals surface area contributed by atoms with Crippen LogP contribution in [0.15, 0.2) is 59.6 Å². The van der Waals surface area contributed by atoms with Crippen molar-refractivity contribution in [3.05, 3.63) is 60.3 Å². The van der Waals surface area contributed by atoms with Gasteiger partial charge in [-0.2, -0.15) is 4.31 Å². The normalized spacial score (nSPS) is 16.4. The molecule has 1 fully saturated rings. The van der Waals surface area contributed by atoms with Crippen LogP contribution in [-0.4, -0.2) is 54.8 Å². The van der Waals surface area contributed by atoms with Crippen molar-refractivity contribution in [3.8, 4) is 11.3 Å². The number of nitrogens with one attached hydrogen (secondary N) is 3. The molecule has 2 aromatic carbocycles. The lowest BCUT2D eigenvalue weighted by atomic mass is 10.1. The first kappa shape index (κ1) is 20.6. The van der Waals surface area contributed by atoms with Gasteiger partial charge in [0, 0.05) is 49.2 Å². The van der Waals surface area contributed by atoms with Gasteiger partial charge in [-0.3, -0.25) is 4.79 Å². The molecule has 32 heavy (non-hydrogen) atoms. The summed E-state index contributed by atoms with van der Waals surface area (Å²) in [5.74, 6) is 0.257. The molecule has 0 aliphatic carbocycles. The first-order valence-corrected chi connectivity index (χ1v) is 11.8. The zero-order chi connectivity index (χ0) is 22.1. The fraction of sp³-hybridized carbons (Fsp3) is 0.227. The van der Waals surface area contributed by atoms with Crippen LogP contribution in [-0.2, 0) is 21.2 Å². The molecule has 0 unspecified atom stereocenters. The summed E-state index contributed by atoms with van der Waals surface area (Å²) in [6, 6.07) is 14.1. The summed E-state index contributed by atoms with van der Waals surface area (Å²) in [7, 11) is -3.51. The molecule has 0 bridgehead atoms. The third-order valence-electron chi connectivity index (χ3n) is 5.50. The molecule has 1 aromatic heterocycles. The monoisotopic (exact) mass is 450 g/mol. The van der Waals surface area contributed by atoms with Crippen molar-refractivity contribution in [2.75, 3.05) is 36.8 Å². The molecule has 2 aliphatic heterocycles. The summed E-state index contributed by atoms with van der Waals surface area (Å²) in [4.78, 5) is 21.4. The second kappa shape index (κ2) is 8.30. The van der Waals surface area contributed by atoms with Gasteiger partial charge in [0.1, 0.15) is 0 Å². The van der Waals surface area contributed by atoms with E-state index in [2.05, 4.69) is 25.9 Å². The fourth-order valence-electron chi connectivity index (χ4n) is 3.87. The molecule has 10 heteroatoms. The summed E-state index contributed by atoms with van der Waals surface area (Å²) in [6.45, 7) is 2.23. The summed E-state index contributed by atoms with van der Waals surface area (Å²) < 4.78 is 27.1. The number of fused-ring (bicyclic) bond motifs is 3. The number of carbonyl (C=O) groups is 1. The Labute approximate surface area is 185 Å². The van der Waals surface area contributed by atoms with E-state index in [0.717, 1.165) is 11.1 Å². The predicted molar refractivity (Wildman–Crippen MR) is 121 cm³/mol. The van der Waals surface area contributed by atoms with Crippen molar-refractivity contribution in [2.24, 2.45) is 0 Å². The highest BCUT2D eigenvalue weighted by Gasteiger charge is 2.26. The topological polar surface area (TPSA) is 116 Å². The minimum Gasteiger partial charge on any atom is -0.325 e. The number of rotatable bonds is 4. The van der Waals surface area contributed by atoms with Gasteiger partial charge in [-0.15, -0.1) is 0 Å². The number of nitrogens with zero attached hydrogens (tertiary/aromatic N) is 3. The van der Waals surface area contributed by atoms with E-state index >= 15 is 0 Å². The predicted octanol–water partition coefficient (Wildman–Crippen LogP) is 1.98. The third-order valence-corrected chi connectivity index (χ3v) is 7.41. The number of amides is 1. The van der Waals surface area contributed by atoms with Gasteiger partial charge in [0.25, 0.3) is 0 Å². The number of benzene rings is 2. The zero-order valence-electron chi connectivity index (χ0n) is 17.2. The fourth-order valence-corrected chi connectivity index (χ4v) is 5.31. The Morgan fingerprint density at radius 2 is 1.75 bits per heavy atom. The number of aromatic nitrogens is 2. The number of sulfonamides is 1. The van der Waals surface area contributed by atoms with Gasteiger partial charge in [0.05, 0.1) is 22.7 Å². The maximum atomic E-state index is 12.8. The smallest absolute Gasteiger partial charge is 0.243 e. The Kier molecular flexibility index (Phi) is 5.33. The van der Waals surface area contributed by atoms with Gasteiger partial charge in [-0.25, -0.2) is 18.4 Å². The molecule has 2 aliphatic rings. The van der Waals surface area contributed by atoms with Crippen LogP contribution in [0.1, 0.15) is 5.56 Å². The molecule has 164 valence electrons. The maximum absolute atomic E-state index is 12.8. The average molecular weight is 451 g/mol. The second-order valence-corrected chi connectivity index (χ2v) is 9.58. The molecule has 0 radical (unpaired) electrons. The lowest BCUT2D eigenvalue weighted by Gasteiger charge is -2.26. The lowest BCUT2D eigenvalue weighted by molar-refractivity contribution is -0.115. The number of para-hydroxylation sites is 1. The van der Waals surface area contributed by atoms with Gasteiger partial charge in [-0.1, -0.05) is 18.2 Å². The maximum Gasteiger partial charge on any atom is 0.243 e. The van der Waals surface area contributed by atoms with Crippen LogP contribution in [0.5, 0.6) is 0 Å². The minimum absolute atomic E-state index is 0.109. The molecule has 1 amide bonds. The van der Waals surface area contributed by atoms with Crippen LogP contribution < -0.4 is 16.0 Å². The van der Waals surface area contributed by atoms with Crippen molar-refractivity contribution in [3.63, 3.8) is 0 Å². The highest BCUT2D eigenvalue weighted by molar-refractivity contribution is 7.89. The Hall–Kier alpha value is -3.34. The number of hydrogen-bond donors (Lipinski definition) is 3. The van der Waals surface area contributed by atoms with Crippen molar-refractivity contribution in [1.29, 1.82) is 0 Å². The zero-order valence-corrected chi connectivity index (χ0v) is 18.0. The molecule has 5 rings (SSSR count). The Morgan fingerprint density at radius 3 is 2.53 bits per heavy atom. The summed E-state index contributed by atoms with van der Waals surface area (Å²) >= 11 is 0. The Morgan fingerprint density at radius 1 is 1.00 bits per heavy atom. The van der Waals surface area contributed by atoms with Crippen LogP contribution in [0.2, 0.25) is 0 Å². The molecule has 9 nitrogen and oxygen atoms in total. The van der Waals surface area contributed by atoms with E-state index in [4.69, 9.17) is 0 Å². The first-order chi connectivity index (χ1) is 15.5. The van der Waals surface area contributed by atoms with Crippen molar-refractivity contribution >= 4 is 33.3 Å². The number of piperazine rings is 1. The molecular formula is C22H22N6O3S. The molecule has 0 saturated carbocycles. The van der Waals surface area contributed by atoms with E-state index in [1.807, 2.05) is 24.3 Å². The Balaban J connectivity index is 1.40. The molecule has 3 aromatic rings. The van der Waals surface area contributed by atoms with Gasteiger partial charge in [0.15, 0.2) is 0 Å². The molecule has 1 saturated heterocycles. The largest absolute Gasteiger partial charge is 0.325 e. The quantitative estimate of drug-likeness (QED) is 0.556. The average Bonchev–Trinajstić information content (AvgIpc) is 2.95. The number of carbonyl (C=O) groups excluding carboxylic acids is 1. The molecule has 3 N–H and O–H groups in total. The minimum atomic E-state index is -3.51. The van der Waals surface area contributed by atoms with Gasteiger partial charge < -0.3 is 16.0 Å². The van der Waals surface area contributed by atoms with E-state index in [0.29, 0.717) is 49.2 Å². The van der Waals surface area contributed by atoms with Crippen molar-refractivity contribution in [2.45, 2.75) is 11.3 Å². The molecular weight excluding hydrogens is 428 g/mol. The lowest BCUT2D eigenvalue weighted by Crippen LogP contribution is -2.46. The van der Waals surface area contributed by atoms with Crippen LogP contribution in [0.4, 0.5) is 17.3 Å². The highest BCUT2D eigenvalue weighted by Crippen LogP contribution is 2.33. The summed E-state index contributed by atoms with van der Waals surface area (Å²) in [6.07, 6.45) is 1.85. The van der Waals surface area contributed by atoms with E-state index < -0.39 is 10.0 Å². The molecule has 0 atom stereocenters. The highest BCUT2D eigenvalue weighted by atomic mass is 32.2. The molecule has 3 heterocycles. The second-order valence-electron chi connectivity index (χ2n) is 7.64. The van der Waals surface area contributed by atoms with E-state index in [9.17, 15) is 13.2 Å². The summed E-state index contributed by atoms with van der Waals surface area (Å²) in [5.41, 5.74) is 3.64. The van der Waals surface area contributed by atoms with E-state index in [-0.39, 0.29) is 17.2 Å². The third kappa shape index (κ3) is 3.95. The number of hydrogen-bond acceptors (Lipinski definition) is 7. The van der Waals surface area contributed by atoms with Crippen LogP contribution >= 0.6 is 0 Å². The Bertz CT molecular complexity index is 1270. The van der Waals surface area contributed by atoms with Gasteiger partial charge >= 0.3 is 0 Å². The van der Waals surface area contributed by atoms with Crippen LogP contribution in [0, 0.1) is 0 Å². The number of anilines is 3. The van der Waals surface area contributed by atoms with Crippen molar-refractivity contribution in [1.82, 2.24) is 19.6 Å². The SMILES string of the molecule is O=C1Cc2cnc(Nc3ccc(S(=O)(=O)N4CCNCC4)cc3)nc2-c2ccccc2N1. The van der Waals surface area contributed by atoms with E-state index in [1.54, 1.807) is 30.5 Å². The van der Waals surface area contributed by atoms with Gasteiger partial charge in [0.2, 0.25) is 21.9 Å². The van der Waals surface area contributed by atoms with Gasteiger partial charge in [-0.05, 0) is 30.3 Å². The standard InChI is InChI=1S/C22H22N6O3S/c29-20-13-15-14-24-22(27-21(15)18-3-1-2-4-19(18)26-20)25-16-5-7-17(8-6-16)32(30,31)28-11-9-23-10-12-28/h1-8,14,23H,9-13H2,(H,26,29)(H,24,25,27). The van der Waals surface area contributed by atoms with Crippen LogP contribution in [0.25, 0.3) is 11.3 Å². The van der Waals surface area contributed by atoms with E-state index in [1.165, 1.54) is 4.31 Å².